The number of aromatic nitrogens is 2. The quantitative estimate of drug-likeness (QED) is 0.751. The number of hydrogen-bond acceptors (Lipinski definition) is 4. The van der Waals surface area contributed by atoms with Gasteiger partial charge in [0.05, 0.1) is 6.54 Å². The molecule has 0 saturated heterocycles. The van der Waals surface area contributed by atoms with E-state index in [1.165, 1.54) is 0 Å². The Labute approximate surface area is 115 Å². The molecule has 6 heteroatoms. The van der Waals surface area contributed by atoms with Gasteiger partial charge in [-0.2, -0.15) is 5.10 Å². The summed E-state index contributed by atoms with van der Waals surface area (Å²) < 4.78 is 1.83. The number of aryl methyl sites for hydroxylation is 1. The number of likely N-dealkylation sites (N-methyl/N-ethyl adjacent to an activating group) is 2. The van der Waals surface area contributed by atoms with Crippen molar-refractivity contribution in [2.45, 2.75) is 26.8 Å². The number of nitrogens with two attached hydrogens (primary N) is 1. The average Bonchev–Trinajstić information content (AvgIpc) is 2.76. The van der Waals surface area contributed by atoms with Gasteiger partial charge in [-0.3, -0.25) is 14.4 Å². The smallest absolute Gasteiger partial charge is 0.236 e. The highest BCUT2D eigenvalue weighted by Gasteiger charge is 2.11. The second kappa shape index (κ2) is 7.78. The average molecular weight is 267 g/mol. The molecular formula is C13H25N5O. The molecule has 108 valence electrons. The fraction of sp³-hybridized carbons (Fsp3) is 0.692. The predicted molar refractivity (Wildman–Crippen MR) is 76.7 cm³/mol. The van der Waals surface area contributed by atoms with Crippen LogP contribution in [0.3, 0.4) is 0 Å². The van der Waals surface area contributed by atoms with E-state index in [1.807, 2.05) is 41.6 Å². The molecular weight excluding hydrogens is 242 g/mol. The molecule has 1 amide bonds. The summed E-state index contributed by atoms with van der Waals surface area (Å²) in [7, 11) is 1.97. The van der Waals surface area contributed by atoms with Gasteiger partial charge in [0.1, 0.15) is 5.82 Å². The van der Waals surface area contributed by atoms with Crippen molar-refractivity contribution in [1.29, 1.82) is 0 Å². The van der Waals surface area contributed by atoms with E-state index in [4.69, 9.17) is 5.73 Å². The van der Waals surface area contributed by atoms with Gasteiger partial charge < -0.3 is 10.6 Å². The number of anilines is 1. The van der Waals surface area contributed by atoms with Gasteiger partial charge >= 0.3 is 0 Å². The Morgan fingerprint density at radius 2 is 2.11 bits per heavy atom. The van der Waals surface area contributed by atoms with Crippen molar-refractivity contribution in [3.63, 3.8) is 0 Å². The normalized spacial score (nSPS) is 10.9. The SMILES string of the molecule is CCN(CC)C(=O)CN(C)CCCn1ccc(N)n1. The van der Waals surface area contributed by atoms with Gasteiger partial charge in [-0.1, -0.05) is 0 Å². The highest BCUT2D eigenvalue weighted by Crippen LogP contribution is 1.99. The number of rotatable bonds is 8. The van der Waals surface area contributed by atoms with Gasteiger partial charge in [-0.05, 0) is 33.4 Å². The number of carbonyl (C=O) groups excluding carboxylic acids is 1. The van der Waals surface area contributed by atoms with E-state index in [2.05, 4.69) is 5.10 Å². The third kappa shape index (κ3) is 5.30. The van der Waals surface area contributed by atoms with E-state index in [9.17, 15) is 4.79 Å². The molecule has 0 bridgehead atoms. The molecule has 2 N–H and O–H groups in total. The van der Waals surface area contributed by atoms with Gasteiger partial charge in [0, 0.05) is 32.4 Å². The van der Waals surface area contributed by atoms with Gasteiger partial charge in [-0.15, -0.1) is 0 Å². The van der Waals surface area contributed by atoms with Crippen LogP contribution in [-0.4, -0.2) is 58.7 Å². The van der Waals surface area contributed by atoms with Gasteiger partial charge in [-0.25, -0.2) is 0 Å². The summed E-state index contributed by atoms with van der Waals surface area (Å²) in [5.74, 6) is 0.737. The molecule has 0 aromatic carbocycles. The van der Waals surface area contributed by atoms with Crippen molar-refractivity contribution in [3.8, 4) is 0 Å². The zero-order valence-electron chi connectivity index (χ0n) is 12.2. The van der Waals surface area contributed by atoms with Crippen LogP contribution in [0.25, 0.3) is 0 Å². The lowest BCUT2D eigenvalue weighted by atomic mass is 10.3. The molecule has 0 aliphatic carbocycles. The van der Waals surface area contributed by atoms with Crippen LogP contribution in [0, 0.1) is 0 Å². The number of amides is 1. The molecule has 0 saturated carbocycles. The molecule has 1 aromatic heterocycles. The Balaban J connectivity index is 2.24. The van der Waals surface area contributed by atoms with Gasteiger partial charge in [0.25, 0.3) is 0 Å². The van der Waals surface area contributed by atoms with Crippen molar-refractivity contribution in [2.24, 2.45) is 0 Å². The maximum atomic E-state index is 11.9. The first kappa shape index (κ1) is 15.5. The Kier molecular flexibility index (Phi) is 6.35. The topological polar surface area (TPSA) is 67.4 Å². The Morgan fingerprint density at radius 1 is 1.42 bits per heavy atom. The van der Waals surface area contributed by atoms with Crippen LogP contribution >= 0.6 is 0 Å². The Hall–Kier alpha value is -1.56. The molecule has 0 aliphatic heterocycles. The van der Waals surface area contributed by atoms with Crippen molar-refractivity contribution in [3.05, 3.63) is 12.3 Å². The number of nitrogens with zero attached hydrogens (tertiary/aromatic N) is 4. The number of nitrogen functional groups attached to an aromatic ring is 1. The molecule has 6 nitrogen and oxygen atoms in total. The third-order valence-corrected chi connectivity index (χ3v) is 3.11. The van der Waals surface area contributed by atoms with Crippen molar-refractivity contribution in [1.82, 2.24) is 19.6 Å². The highest BCUT2D eigenvalue weighted by molar-refractivity contribution is 5.78. The van der Waals surface area contributed by atoms with Crippen LogP contribution in [0.1, 0.15) is 20.3 Å². The monoisotopic (exact) mass is 267 g/mol. The standard InChI is InChI=1S/C13H25N5O/c1-4-17(5-2)13(19)11-16(3)8-6-9-18-10-7-12(14)15-18/h7,10H,4-6,8-9,11H2,1-3H3,(H2,14,15). The van der Waals surface area contributed by atoms with Crippen molar-refractivity contribution < 1.29 is 4.79 Å². The summed E-state index contributed by atoms with van der Waals surface area (Å²) in [4.78, 5) is 15.8. The maximum absolute atomic E-state index is 11.9. The minimum Gasteiger partial charge on any atom is -0.382 e. The summed E-state index contributed by atoms with van der Waals surface area (Å²) >= 11 is 0. The lowest BCUT2D eigenvalue weighted by molar-refractivity contribution is -0.131. The summed E-state index contributed by atoms with van der Waals surface area (Å²) in [6.45, 7) is 7.72. The molecule has 0 radical (unpaired) electrons. The van der Waals surface area contributed by atoms with E-state index in [0.717, 1.165) is 32.6 Å². The van der Waals surface area contributed by atoms with E-state index in [1.54, 1.807) is 6.07 Å². The molecule has 1 aromatic rings. The predicted octanol–water partition coefficient (Wildman–Crippen LogP) is 0.656. The molecule has 1 heterocycles. The number of carbonyl (C=O) groups is 1. The molecule has 0 fully saturated rings. The van der Waals surface area contributed by atoms with Crippen molar-refractivity contribution >= 4 is 11.7 Å². The largest absolute Gasteiger partial charge is 0.382 e. The van der Waals surface area contributed by atoms with Crippen LogP contribution in [0.15, 0.2) is 12.3 Å². The zero-order chi connectivity index (χ0) is 14.3. The fourth-order valence-corrected chi connectivity index (χ4v) is 1.99. The first-order valence-corrected chi connectivity index (χ1v) is 6.82. The lowest BCUT2D eigenvalue weighted by Crippen LogP contribution is -2.39. The van der Waals surface area contributed by atoms with Crippen LogP contribution in [-0.2, 0) is 11.3 Å². The van der Waals surface area contributed by atoms with Crippen LogP contribution in [0.5, 0.6) is 0 Å². The van der Waals surface area contributed by atoms with Crippen LogP contribution in [0.2, 0.25) is 0 Å². The van der Waals surface area contributed by atoms with Crippen LogP contribution < -0.4 is 5.73 Å². The summed E-state index contributed by atoms with van der Waals surface area (Å²) in [5.41, 5.74) is 5.55. The van der Waals surface area contributed by atoms with Gasteiger partial charge in [0.2, 0.25) is 5.91 Å². The molecule has 0 unspecified atom stereocenters. The van der Waals surface area contributed by atoms with Gasteiger partial charge in [0.15, 0.2) is 0 Å². The molecule has 0 aliphatic rings. The third-order valence-electron chi connectivity index (χ3n) is 3.11. The Bertz CT molecular complexity index is 386. The van der Waals surface area contributed by atoms with Crippen LogP contribution in [0.4, 0.5) is 5.82 Å². The maximum Gasteiger partial charge on any atom is 0.236 e. The van der Waals surface area contributed by atoms with Crippen molar-refractivity contribution in [2.75, 3.05) is 39.0 Å². The molecule has 0 atom stereocenters. The summed E-state index contributed by atoms with van der Waals surface area (Å²) in [6.07, 6.45) is 2.82. The lowest BCUT2D eigenvalue weighted by Gasteiger charge is -2.23. The second-order valence-electron chi connectivity index (χ2n) is 4.66. The first-order valence-electron chi connectivity index (χ1n) is 6.82. The van der Waals surface area contributed by atoms with E-state index < -0.39 is 0 Å². The van der Waals surface area contributed by atoms with E-state index in [0.29, 0.717) is 12.4 Å². The second-order valence-corrected chi connectivity index (χ2v) is 4.66. The Morgan fingerprint density at radius 3 is 2.63 bits per heavy atom. The fourth-order valence-electron chi connectivity index (χ4n) is 1.99. The highest BCUT2D eigenvalue weighted by atomic mass is 16.2. The molecule has 19 heavy (non-hydrogen) atoms. The number of hydrogen-bond donors (Lipinski definition) is 1. The zero-order valence-corrected chi connectivity index (χ0v) is 12.2. The summed E-state index contributed by atoms with van der Waals surface area (Å²) in [5, 5.41) is 4.12. The molecule has 0 spiro atoms. The van der Waals surface area contributed by atoms with E-state index >= 15 is 0 Å². The van der Waals surface area contributed by atoms with E-state index in [-0.39, 0.29) is 5.91 Å². The summed E-state index contributed by atoms with van der Waals surface area (Å²) in [6, 6.07) is 1.79. The minimum atomic E-state index is 0.191. The minimum absolute atomic E-state index is 0.191. The molecule has 1 rings (SSSR count). The first-order chi connectivity index (χ1) is 9.06.